The molecule has 11 nitrogen and oxygen atoms in total. The molecule has 14 heteroatoms. The predicted octanol–water partition coefficient (Wildman–Crippen LogP) is 1.33. The second-order valence-electron chi connectivity index (χ2n) is 6.74. The summed E-state index contributed by atoms with van der Waals surface area (Å²) < 4.78 is 47.8. The van der Waals surface area contributed by atoms with Crippen molar-refractivity contribution in [2.75, 3.05) is 83.6 Å². The molecule has 0 saturated carbocycles. The van der Waals surface area contributed by atoms with Crippen LogP contribution < -0.4 is 11.1 Å². The Morgan fingerprint density at radius 3 is 0.938 bits per heavy atom. The number of nitrogens with one attached hydrogen (secondary N) is 1. The first-order chi connectivity index (χ1) is 15.3. The Bertz CT molecular complexity index is 368. The highest BCUT2D eigenvalue weighted by Crippen LogP contribution is 2.16. The van der Waals surface area contributed by atoms with Crippen molar-refractivity contribution in [1.82, 2.24) is 5.32 Å². The Hall–Kier alpha value is 0.211. The van der Waals surface area contributed by atoms with E-state index in [0.717, 1.165) is 50.5 Å². The minimum atomic E-state index is -2.43. The second-order valence-corrected chi connectivity index (χ2v) is 16.0. The fourth-order valence-corrected chi connectivity index (χ4v) is 8.17. The van der Waals surface area contributed by atoms with E-state index >= 15 is 0 Å². The molecule has 0 amide bonds. The molecule has 0 radical (unpaired) electrons. The molecule has 0 fully saturated rings. The van der Waals surface area contributed by atoms with Crippen LogP contribution in [0.5, 0.6) is 0 Å². The van der Waals surface area contributed by atoms with Crippen molar-refractivity contribution >= 4 is 26.4 Å². The second kappa shape index (κ2) is 20.6. The minimum Gasteiger partial charge on any atom is -0.377 e. The monoisotopic (exact) mass is 520 g/mol. The van der Waals surface area contributed by atoms with Gasteiger partial charge in [-0.15, -0.1) is 0 Å². The summed E-state index contributed by atoms with van der Waals surface area (Å²) in [4.78, 5) is 0. The summed E-state index contributed by atoms with van der Waals surface area (Å²) in [6, 6.07) is 2.39. The van der Waals surface area contributed by atoms with Gasteiger partial charge in [0, 0.05) is 82.1 Å². The van der Waals surface area contributed by atoms with Crippen molar-refractivity contribution < 1.29 is 39.8 Å². The predicted molar refractivity (Wildman–Crippen MR) is 131 cm³/mol. The number of rotatable bonds is 20. The average molecular weight is 521 g/mol. The molecule has 0 atom stereocenters. The summed E-state index contributed by atoms with van der Waals surface area (Å²) in [6.07, 6.45) is 2.77. The van der Waals surface area contributed by atoms with Gasteiger partial charge < -0.3 is 50.9 Å². The highest BCUT2D eigenvalue weighted by atomic mass is 28.4. The highest BCUT2D eigenvalue weighted by molar-refractivity contribution is 6.61. The van der Waals surface area contributed by atoms with Crippen molar-refractivity contribution in [3.63, 3.8) is 0 Å². The fourth-order valence-electron chi connectivity index (χ4n) is 2.97. The van der Waals surface area contributed by atoms with E-state index in [1.54, 1.807) is 64.0 Å². The first kappa shape index (κ1) is 34.4. The molecule has 0 bridgehead atoms. The van der Waals surface area contributed by atoms with Crippen LogP contribution in [0.15, 0.2) is 0 Å². The SMILES string of the molecule is CO[Si](CCCN)(OC)OC.CO[Si](CCCNCCC[Si](OC)(OC)OC)(OC)OC. The van der Waals surface area contributed by atoms with Crippen LogP contribution >= 0.6 is 0 Å². The highest BCUT2D eigenvalue weighted by Gasteiger charge is 2.38. The lowest BCUT2D eigenvalue weighted by Gasteiger charge is -2.25. The van der Waals surface area contributed by atoms with Gasteiger partial charge in [0.2, 0.25) is 0 Å². The lowest BCUT2D eigenvalue weighted by Crippen LogP contribution is -2.43. The fraction of sp³-hybridized carbons (Fsp3) is 1.00. The van der Waals surface area contributed by atoms with Gasteiger partial charge in [0.25, 0.3) is 0 Å². The zero-order valence-corrected chi connectivity index (χ0v) is 24.6. The van der Waals surface area contributed by atoms with Crippen LogP contribution in [-0.2, 0) is 39.8 Å². The van der Waals surface area contributed by atoms with Crippen LogP contribution in [0.25, 0.3) is 0 Å². The Morgan fingerprint density at radius 1 is 0.469 bits per heavy atom. The summed E-state index contributed by atoms with van der Waals surface area (Å²) in [5, 5.41) is 3.39. The Kier molecular flexibility index (Phi) is 22.1. The third kappa shape index (κ3) is 13.2. The van der Waals surface area contributed by atoms with Gasteiger partial charge in [0.1, 0.15) is 0 Å². The molecule has 0 aliphatic carbocycles. The quantitative estimate of drug-likeness (QED) is 0.179. The zero-order valence-electron chi connectivity index (χ0n) is 21.6. The third-order valence-corrected chi connectivity index (χ3v) is 13.7. The molecule has 196 valence electrons. The Morgan fingerprint density at radius 2 is 0.719 bits per heavy atom. The topological polar surface area (TPSA) is 121 Å². The molecule has 0 aromatic rings. The van der Waals surface area contributed by atoms with Crippen LogP contribution in [0.1, 0.15) is 19.3 Å². The first-order valence-electron chi connectivity index (χ1n) is 10.7. The van der Waals surface area contributed by atoms with Gasteiger partial charge in [-0.3, -0.25) is 0 Å². The van der Waals surface area contributed by atoms with E-state index in [1.807, 2.05) is 0 Å². The molecular weight excluding hydrogens is 472 g/mol. The van der Waals surface area contributed by atoms with Gasteiger partial charge in [0.15, 0.2) is 0 Å². The molecule has 0 unspecified atom stereocenters. The van der Waals surface area contributed by atoms with E-state index in [0.29, 0.717) is 6.54 Å². The van der Waals surface area contributed by atoms with Crippen LogP contribution in [0, 0.1) is 0 Å². The van der Waals surface area contributed by atoms with E-state index in [1.165, 1.54) is 0 Å². The number of hydrogen-bond acceptors (Lipinski definition) is 11. The summed E-state index contributed by atoms with van der Waals surface area (Å²) in [5.41, 5.74) is 5.36. The van der Waals surface area contributed by atoms with Gasteiger partial charge in [-0.05, 0) is 38.9 Å². The molecule has 3 N–H and O–H groups in total. The molecule has 0 aliphatic heterocycles. The zero-order chi connectivity index (χ0) is 24.9. The van der Waals surface area contributed by atoms with Crippen LogP contribution in [-0.4, -0.2) is 110 Å². The van der Waals surface area contributed by atoms with Crippen LogP contribution in [0.3, 0.4) is 0 Å². The largest absolute Gasteiger partial charge is 0.500 e. The summed E-state index contributed by atoms with van der Waals surface area (Å²) in [6.45, 7) is 2.43. The van der Waals surface area contributed by atoms with E-state index in [9.17, 15) is 0 Å². The average Bonchev–Trinajstić information content (AvgIpc) is 2.86. The molecular formula is C18H48N2O9Si3. The van der Waals surface area contributed by atoms with Gasteiger partial charge in [0.05, 0.1) is 0 Å². The molecule has 0 rings (SSSR count). The van der Waals surface area contributed by atoms with E-state index < -0.39 is 26.4 Å². The van der Waals surface area contributed by atoms with Crippen molar-refractivity contribution in [2.24, 2.45) is 5.73 Å². The van der Waals surface area contributed by atoms with E-state index in [-0.39, 0.29) is 0 Å². The molecule has 32 heavy (non-hydrogen) atoms. The summed E-state index contributed by atoms with van der Waals surface area (Å²) in [5.74, 6) is 0. The lowest BCUT2D eigenvalue weighted by molar-refractivity contribution is 0.122. The van der Waals surface area contributed by atoms with Crippen molar-refractivity contribution in [3.8, 4) is 0 Å². The van der Waals surface area contributed by atoms with Crippen LogP contribution in [0.2, 0.25) is 18.1 Å². The minimum absolute atomic E-state index is 0.644. The first-order valence-corrected chi connectivity index (χ1v) is 16.5. The molecule has 0 spiro atoms. The molecule has 0 aromatic heterocycles. The van der Waals surface area contributed by atoms with Crippen LogP contribution in [0.4, 0.5) is 0 Å². The number of hydrogen-bond donors (Lipinski definition) is 2. The third-order valence-electron chi connectivity index (χ3n) is 5.16. The van der Waals surface area contributed by atoms with Crippen molar-refractivity contribution in [3.05, 3.63) is 0 Å². The Labute approximate surface area is 198 Å². The molecule has 0 aliphatic rings. The smallest absolute Gasteiger partial charge is 0.377 e. The van der Waals surface area contributed by atoms with Crippen molar-refractivity contribution in [2.45, 2.75) is 37.4 Å². The van der Waals surface area contributed by atoms with Gasteiger partial charge in [-0.25, -0.2) is 0 Å². The van der Waals surface area contributed by atoms with E-state index in [2.05, 4.69) is 5.32 Å². The molecule has 0 heterocycles. The summed E-state index contributed by atoms with van der Waals surface area (Å²) >= 11 is 0. The van der Waals surface area contributed by atoms with E-state index in [4.69, 9.17) is 45.6 Å². The maximum Gasteiger partial charge on any atom is 0.500 e. The number of nitrogens with two attached hydrogens (primary N) is 1. The molecule has 0 saturated heterocycles. The standard InChI is InChI=1S/C12H31NO6Si2.C6H17NO3Si/c1-14-20(15-2,16-3)11-7-9-13-10-8-12-21(17-4,18-5)19-6;1-8-11(9-2,10-3)6-4-5-7/h13H,7-12H2,1-6H3;4-7H2,1-3H3. The lowest BCUT2D eigenvalue weighted by atomic mass is 10.4. The van der Waals surface area contributed by atoms with Gasteiger partial charge in [-0.1, -0.05) is 0 Å². The van der Waals surface area contributed by atoms with Gasteiger partial charge >= 0.3 is 26.4 Å². The molecule has 0 aromatic carbocycles. The van der Waals surface area contributed by atoms with Gasteiger partial charge in [-0.2, -0.15) is 0 Å². The normalized spacial score (nSPS) is 12.6. The van der Waals surface area contributed by atoms with Crippen molar-refractivity contribution in [1.29, 1.82) is 0 Å². The Balaban J connectivity index is 0. The maximum absolute atomic E-state index is 5.37. The maximum atomic E-state index is 5.37. The summed E-state index contributed by atoms with van der Waals surface area (Å²) in [7, 11) is 7.47.